The van der Waals surface area contributed by atoms with Crippen LogP contribution < -0.4 is 10.5 Å². The molecule has 3 rings (SSSR count). The molecule has 6 heteroatoms. The first-order valence-electron chi connectivity index (χ1n) is 6.08. The van der Waals surface area contributed by atoms with Crippen LogP contribution in [0.1, 0.15) is 0 Å². The molecule has 0 fully saturated rings. The summed E-state index contributed by atoms with van der Waals surface area (Å²) in [5.41, 5.74) is 7.65. The SMILES string of the molecule is COc1ccccc1-c1sc(N)nc1-c1nccn1C. The van der Waals surface area contributed by atoms with Crippen LogP contribution in [-0.4, -0.2) is 21.6 Å². The Morgan fingerprint density at radius 2 is 2.10 bits per heavy atom. The smallest absolute Gasteiger partial charge is 0.181 e. The maximum absolute atomic E-state index is 5.89. The second-order valence-electron chi connectivity index (χ2n) is 4.29. The highest BCUT2D eigenvalue weighted by molar-refractivity contribution is 7.19. The van der Waals surface area contributed by atoms with Gasteiger partial charge < -0.3 is 15.0 Å². The maximum atomic E-state index is 5.89. The van der Waals surface area contributed by atoms with Gasteiger partial charge in [0.25, 0.3) is 0 Å². The fourth-order valence-corrected chi connectivity index (χ4v) is 2.96. The first-order chi connectivity index (χ1) is 9.70. The number of rotatable bonds is 3. The number of nitrogen functional groups attached to an aromatic ring is 1. The molecule has 0 aliphatic rings. The quantitative estimate of drug-likeness (QED) is 0.804. The van der Waals surface area contributed by atoms with Gasteiger partial charge in [-0.3, -0.25) is 0 Å². The number of ether oxygens (including phenoxy) is 1. The number of aryl methyl sites for hydroxylation is 1. The third-order valence-corrected chi connectivity index (χ3v) is 3.95. The molecule has 0 spiro atoms. The van der Waals surface area contributed by atoms with Crippen LogP contribution in [0.4, 0.5) is 5.13 Å². The predicted molar refractivity (Wildman–Crippen MR) is 80.7 cm³/mol. The first-order valence-corrected chi connectivity index (χ1v) is 6.89. The largest absolute Gasteiger partial charge is 0.496 e. The minimum Gasteiger partial charge on any atom is -0.496 e. The van der Waals surface area contributed by atoms with Crippen LogP contribution in [0, 0.1) is 0 Å². The fraction of sp³-hybridized carbons (Fsp3) is 0.143. The third-order valence-electron chi connectivity index (χ3n) is 3.03. The summed E-state index contributed by atoms with van der Waals surface area (Å²) < 4.78 is 7.35. The van der Waals surface area contributed by atoms with Crippen LogP contribution in [0.15, 0.2) is 36.7 Å². The molecule has 20 heavy (non-hydrogen) atoms. The van der Waals surface area contributed by atoms with E-state index in [2.05, 4.69) is 9.97 Å². The lowest BCUT2D eigenvalue weighted by molar-refractivity contribution is 0.416. The van der Waals surface area contributed by atoms with Crippen molar-refractivity contribution in [2.75, 3.05) is 12.8 Å². The molecule has 1 aromatic carbocycles. The zero-order chi connectivity index (χ0) is 14.1. The highest BCUT2D eigenvalue weighted by Gasteiger charge is 2.19. The molecule has 0 amide bonds. The number of hydrogen-bond acceptors (Lipinski definition) is 5. The molecule has 0 aliphatic heterocycles. The molecule has 5 nitrogen and oxygen atoms in total. The summed E-state index contributed by atoms with van der Waals surface area (Å²) in [6.07, 6.45) is 3.63. The Morgan fingerprint density at radius 3 is 2.80 bits per heavy atom. The molecule has 2 N–H and O–H groups in total. The summed E-state index contributed by atoms with van der Waals surface area (Å²) in [7, 11) is 3.59. The van der Waals surface area contributed by atoms with E-state index in [9.17, 15) is 0 Å². The molecule has 0 radical (unpaired) electrons. The second-order valence-corrected chi connectivity index (χ2v) is 5.32. The Balaban J connectivity index is 2.23. The minimum absolute atomic E-state index is 0.518. The third kappa shape index (κ3) is 2.04. The van der Waals surface area contributed by atoms with E-state index in [1.807, 2.05) is 42.1 Å². The van der Waals surface area contributed by atoms with E-state index < -0.39 is 0 Å². The van der Waals surface area contributed by atoms with Crippen molar-refractivity contribution in [3.05, 3.63) is 36.7 Å². The van der Waals surface area contributed by atoms with Gasteiger partial charge in [0.05, 0.1) is 12.0 Å². The van der Waals surface area contributed by atoms with Crippen molar-refractivity contribution in [2.24, 2.45) is 7.05 Å². The molecule has 2 heterocycles. The van der Waals surface area contributed by atoms with E-state index in [0.29, 0.717) is 5.13 Å². The lowest BCUT2D eigenvalue weighted by atomic mass is 10.1. The average Bonchev–Trinajstić information content (AvgIpc) is 3.04. The standard InChI is InChI=1S/C14H14N4OS/c1-18-8-7-16-13(18)11-12(20-14(15)17-11)9-5-3-4-6-10(9)19-2/h3-8H,1-2H3,(H2,15,17). The Morgan fingerprint density at radius 1 is 1.30 bits per heavy atom. The van der Waals surface area contributed by atoms with Crippen molar-refractivity contribution < 1.29 is 4.74 Å². The van der Waals surface area contributed by atoms with Gasteiger partial charge in [0.15, 0.2) is 11.0 Å². The van der Waals surface area contributed by atoms with Crippen molar-refractivity contribution in [1.82, 2.24) is 14.5 Å². The first kappa shape index (κ1) is 12.7. The highest BCUT2D eigenvalue weighted by Crippen LogP contribution is 2.41. The molecular formula is C14H14N4OS. The topological polar surface area (TPSA) is 66.0 Å². The van der Waals surface area contributed by atoms with Crippen molar-refractivity contribution in [2.45, 2.75) is 0 Å². The van der Waals surface area contributed by atoms with Crippen LogP contribution in [0.3, 0.4) is 0 Å². The molecule has 2 aromatic heterocycles. The number of hydrogen-bond donors (Lipinski definition) is 1. The summed E-state index contributed by atoms with van der Waals surface area (Å²) in [5, 5.41) is 0.518. The number of para-hydroxylation sites is 1. The van der Waals surface area contributed by atoms with Gasteiger partial charge >= 0.3 is 0 Å². The van der Waals surface area contributed by atoms with Crippen LogP contribution in [0.5, 0.6) is 5.75 Å². The van der Waals surface area contributed by atoms with Gasteiger partial charge in [0.1, 0.15) is 11.4 Å². The zero-order valence-electron chi connectivity index (χ0n) is 11.2. The Labute approximate surface area is 120 Å². The number of thiazole rings is 1. The molecule has 0 saturated carbocycles. The van der Waals surface area contributed by atoms with E-state index in [1.54, 1.807) is 13.3 Å². The van der Waals surface area contributed by atoms with Crippen molar-refractivity contribution >= 4 is 16.5 Å². The van der Waals surface area contributed by atoms with E-state index in [1.165, 1.54) is 11.3 Å². The number of benzene rings is 1. The van der Waals surface area contributed by atoms with Gasteiger partial charge in [0, 0.05) is 25.0 Å². The number of nitrogens with zero attached hydrogens (tertiary/aromatic N) is 3. The lowest BCUT2D eigenvalue weighted by Gasteiger charge is -2.07. The monoisotopic (exact) mass is 286 g/mol. The summed E-state index contributed by atoms with van der Waals surface area (Å²) in [6.45, 7) is 0. The number of methoxy groups -OCH3 is 1. The molecule has 0 aliphatic carbocycles. The fourth-order valence-electron chi connectivity index (χ4n) is 2.10. The normalized spacial score (nSPS) is 10.7. The van der Waals surface area contributed by atoms with Crippen LogP contribution in [-0.2, 0) is 7.05 Å². The molecule has 0 bridgehead atoms. The molecule has 0 atom stereocenters. The van der Waals surface area contributed by atoms with Gasteiger partial charge in [-0.05, 0) is 12.1 Å². The Bertz CT molecular complexity index is 747. The average molecular weight is 286 g/mol. The molecule has 102 valence electrons. The van der Waals surface area contributed by atoms with Gasteiger partial charge in [-0.2, -0.15) is 0 Å². The zero-order valence-corrected chi connectivity index (χ0v) is 12.0. The van der Waals surface area contributed by atoms with Gasteiger partial charge in [-0.1, -0.05) is 23.5 Å². The molecular weight excluding hydrogens is 272 g/mol. The summed E-state index contributed by atoms with van der Waals surface area (Å²) >= 11 is 1.44. The number of imidazole rings is 1. The Kier molecular flexibility index (Phi) is 3.15. The van der Waals surface area contributed by atoms with Gasteiger partial charge in [0.2, 0.25) is 0 Å². The van der Waals surface area contributed by atoms with Crippen LogP contribution >= 0.6 is 11.3 Å². The van der Waals surface area contributed by atoms with Crippen molar-refractivity contribution in [3.63, 3.8) is 0 Å². The number of aromatic nitrogens is 3. The summed E-state index contributed by atoms with van der Waals surface area (Å²) in [6, 6.07) is 7.83. The van der Waals surface area contributed by atoms with E-state index in [0.717, 1.165) is 27.7 Å². The van der Waals surface area contributed by atoms with Crippen molar-refractivity contribution in [3.8, 4) is 27.7 Å². The summed E-state index contributed by atoms with van der Waals surface area (Å²) in [4.78, 5) is 9.74. The highest BCUT2D eigenvalue weighted by atomic mass is 32.1. The molecule has 0 unspecified atom stereocenters. The number of anilines is 1. The summed E-state index contributed by atoms with van der Waals surface area (Å²) in [5.74, 6) is 1.59. The molecule has 3 aromatic rings. The Hall–Kier alpha value is -2.34. The van der Waals surface area contributed by atoms with E-state index in [4.69, 9.17) is 10.5 Å². The predicted octanol–water partition coefficient (Wildman–Crippen LogP) is 2.80. The lowest BCUT2D eigenvalue weighted by Crippen LogP contribution is -1.94. The van der Waals surface area contributed by atoms with Gasteiger partial charge in [-0.25, -0.2) is 9.97 Å². The maximum Gasteiger partial charge on any atom is 0.181 e. The second kappa shape index (κ2) is 4.97. The van der Waals surface area contributed by atoms with E-state index >= 15 is 0 Å². The minimum atomic E-state index is 0.518. The van der Waals surface area contributed by atoms with Crippen LogP contribution in [0.25, 0.3) is 22.0 Å². The molecule has 0 saturated heterocycles. The van der Waals surface area contributed by atoms with Crippen molar-refractivity contribution in [1.29, 1.82) is 0 Å². The number of nitrogens with two attached hydrogens (primary N) is 1. The van der Waals surface area contributed by atoms with Gasteiger partial charge in [-0.15, -0.1) is 0 Å². The van der Waals surface area contributed by atoms with E-state index in [-0.39, 0.29) is 0 Å². The van der Waals surface area contributed by atoms with Crippen LogP contribution in [0.2, 0.25) is 0 Å².